The normalized spacial score (nSPS) is 10.1. The summed E-state index contributed by atoms with van der Waals surface area (Å²) in [4.78, 5) is 22.6. The Morgan fingerprint density at radius 2 is 1.90 bits per heavy atom. The van der Waals surface area contributed by atoms with Crippen molar-refractivity contribution in [2.75, 3.05) is 11.9 Å². The van der Waals surface area contributed by atoms with E-state index in [-0.39, 0.29) is 23.8 Å². The van der Waals surface area contributed by atoms with Crippen molar-refractivity contribution < 1.29 is 19.4 Å². The highest BCUT2D eigenvalue weighted by molar-refractivity contribution is 9.10. The third kappa shape index (κ3) is 4.87. The first-order valence-corrected chi connectivity index (χ1v) is 7.67. The number of carbonyl (C=O) groups excluding carboxylic acids is 1. The molecule has 1 heterocycles. The monoisotopic (exact) mass is 369 g/mol. The highest BCUT2D eigenvalue weighted by atomic mass is 79.9. The fourth-order valence-corrected chi connectivity index (χ4v) is 2.54. The van der Waals surface area contributed by atoms with Crippen LogP contribution in [0.3, 0.4) is 0 Å². The zero-order valence-corrected chi connectivity index (χ0v) is 13.2. The molecule has 1 aromatic carbocycles. The molecular formula is C14H12BrNO4S. The summed E-state index contributed by atoms with van der Waals surface area (Å²) in [5.41, 5.74) is 0. The smallest absolute Gasteiger partial charge is 0.345 e. The first-order valence-electron chi connectivity index (χ1n) is 6.06. The van der Waals surface area contributed by atoms with E-state index in [1.54, 1.807) is 18.2 Å². The molecule has 0 unspecified atom stereocenters. The largest absolute Gasteiger partial charge is 0.493 e. The number of carbonyl (C=O) groups is 2. The quantitative estimate of drug-likeness (QED) is 0.815. The number of anilines is 1. The third-order valence-electron chi connectivity index (χ3n) is 2.49. The number of nitrogens with one attached hydrogen (secondary N) is 1. The van der Waals surface area contributed by atoms with E-state index in [9.17, 15) is 9.59 Å². The maximum Gasteiger partial charge on any atom is 0.345 e. The minimum absolute atomic E-state index is 0.191. The van der Waals surface area contributed by atoms with Crippen molar-refractivity contribution in [1.82, 2.24) is 0 Å². The molecule has 110 valence electrons. The predicted octanol–water partition coefficient (Wildman–Crippen LogP) is 3.62. The van der Waals surface area contributed by atoms with Crippen molar-refractivity contribution in [1.29, 1.82) is 0 Å². The molecule has 0 radical (unpaired) electrons. The van der Waals surface area contributed by atoms with Crippen LogP contribution in [0, 0.1) is 0 Å². The summed E-state index contributed by atoms with van der Waals surface area (Å²) in [6.45, 7) is 0.255. The molecule has 0 bridgehead atoms. The first kappa shape index (κ1) is 15.5. The van der Waals surface area contributed by atoms with Crippen LogP contribution in [0.25, 0.3) is 0 Å². The number of carboxylic acid groups (broad SMARTS) is 1. The number of thiophene rings is 1. The topological polar surface area (TPSA) is 75.6 Å². The van der Waals surface area contributed by atoms with Crippen molar-refractivity contribution in [2.24, 2.45) is 0 Å². The van der Waals surface area contributed by atoms with Gasteiger partial charge in [-0.25, -0.2) is 4.79 Å². The Morgan fingerprint density at radius 3 is 2.52 bits per heavy atom. The molecule has 5 nitrogen and oxygen atoms in total. The molecule has 0 aliphatic carbocycles. The Morgan fingerprint density at radius 1 is 1.19 bits per heavy atom. The standard InChI is InChI=1S/C14H12BrNO4S/c15-9-1-3-10(4-2-9)20-8-7-12(17)16-13-6-5-11(21-13)14(18)19/h1-6H,7-8H2,(H,16,17)(H,18,19). The third-order valence-corrected chi connectivity index (χ3v) is 4.01. The van der Waals surface area contributed by atoms with Gasteiger partial charge < -0.3 is 15.2 Å². The van der Waals surface area contributed by atoms with Crippen molar-refractivity contribution in [3.8, 4) is 5.75 Å². The van der Waals surface area contributed by atoms with E-state index in [2.05, 4.69) is 21.2 Å². The van der Waals surface area contributed by atoms with Crippen LogP contribution in [-0.2, 0) is 4.79 Å². The van der Waals surface area contributed by atoms with E-state index in [0.29, 0.717) is 10.8 Å². The molecule has 0 spiro atoms. The number of hydrogen-bond donors (Lipinski definition) is 2. The summed E-state index contributed by atoms with van der Waals surface area (Å²) in [5, 5.41) is 11.9. The van der Waals surface area contributed by atoms with Gasteiger partial charge in [0.05, 0.1) is 18.0 Å². The lowest BCUT2D eigenvalue weighted by Gasteiger charge is -2.06. The number of rotatable bonds is 6. The Hall–Kier alpha value is -1.86. The lowest BCUT2D eigenvalue weighted by Crippen LogP contribution is -2.14. The molecule has 2 N–H and O–H groups in total. The number of amides is 1. The molecule has 1 aromatic heterocycles. The summed E-state index contributed by atoms with van der Waals surface area (Å²) in [6, 6.07) is 10.4. The van der Waals surface area contributed by atoms with Gasteiger partial charge in [0.15, 0.2) is 0 Å². The van der Waals surface area contributed by atoms with Crippen LogP contribution in [0.5, 0.6) is 5.75 Å². The maximum absolute atomic E-state index is 11.7. The van der Waals surface area contributed by atoms with E-state index in [0.717, 1.165) is 15.8 Å². The summed E-state index contributed by atoms with van der Waals surface area (Å²) in [7, 11) is 0. The fourth-order valence-electron chi connectivity index (χ4n) is 1.51. The molecule has 0 aliphatic rings. The van der Waals surface area contributed by atoms with Crippen molar-refractivity contribution in [3.63, 3.8) is 0 Å². The summed E-state index contributed by atoms with van der Waals surface area (Å²) in [6.07, 6.45) is 0.191. The van der Waals surface area contributed by atoms with Crippen LogP contribution in [0.1, 0.15) is 16.1 Å². The summed E-state index contributed by atoms with van der Waals surface area (Å²) < 4.78 is 6.40. The van der Waals surface area contributed by atoms with Gasteiger partial charge in [-0.3, -0.25) is 4.79 Å². The molecule has 0 saturated carbocycles. The highest BCUT2D eigenvalue weighted by Gasteiger charge is 2.09. The number of carboxylic acids is 1. The van der Waals surface area contributed by atoms with Crippen molar-refractivity contribution in [2.45, 2.75) is 6.42 Å². The highest BCUT2D eigenvalue weighted by Crippen LogP contribution is 2.22. The predicted molar refractivity (Wildman–Crippen MR) is 84.2 cm³/mol. The minimum atomic E-state index is -1.00. The van der Waals surface area contributed by atoms with E-state index in [1.165, 1.54) is 6.07 Å². The van der Waals surface area contributed by atoms with Crippen LogP contribution in [-0.4, -0.2) is 23.6 Å². The molecule has 1 amide bonds. The molecule has 7 heteroatoms. The molecule has 2 aromatic rings. The summed E-state index contributed by atoms with van der Waals surface area (Å²) >= 11 is 4.35. The number of hydrogen-bond acceptors (Lipinski definition) is 4. The van der Waals surface area contributed by atoms with Gasteiger partial charge in [0.25, 0.3) is 0 Å². The zero-order valence-electron chi connectivity index (χ0n) is 10.8. The Kier molecular flexibility index (Phi) is 5.35. The van der Waals surface area contributed by atoms with Gasteiger partial charge in [0.2, 0.25) is 5.91 Å². The average Bonchev–Trinajstić information content (AvgIpc) is 2.90. The molecular weight excluding hydrogens is 358 g/mol. The Labute approximate surface area is 133 Å². The second-order valence-electron chi connectivity index (χ2n) is 4.07. The Balaban J connectivity index is 1.76. The minimum Gasteiger partial charge on any atom is -0.493 e. The van der Waals surface area contributed by atoms with Gasteiger partial charge in [-0.15, -0.1) is 11.3 Å². The number of halogens is 1. The van der Waals surface area contributed by atoms with E-state index < -0.39 is 5.97 Å². The van der Waals surface area contributed by atoms with E-state index >= 15 is 0 Å². The van der Waals surface area contributed by atoms with Gasteiger partial charge in [-0.05, 0) is 36.4 Å². The second-order valence-corrected chi connectivity index (χ2v) is 6.07. The van der Waals surface area contributed by atoms with Gasteiger partial charge in [0.1, 0.15) is 10.6 Å². The molecule has 0 fully saturated rings. The average molecular weight is 370 g/mol. The lowest BCUT2D eigenvalue weighted by molar-refractivity contribution is -0.116. The van der Waals surface area contributed by atoms with Crippen LogP contribution < -0.4 is 10.1 Å². The molecule has 21 heavy (non-hydrogen) atoms. The van der Waals surface area contributed by atoms with Crippen LogP contribution >= 0.6 is 27.3 Å². The Bertz CT molecular complexity index is 639. The van der Waals surface area contributed by atoms with Gasteiger partial charge in [0, 0.05) is 4.47 Å². The van der Waals surface area contributed by atoms with Gasteiger partial charge in [-0.1, -0.05) is 15.9 Å². The number of ether oxygens (including phenoxy) is 1. The molecule has 0 aliphatic heterocycles. The fraction of sp³-hybridized carbons (Fsp3) is 0.143. The van der Waals surface area contributed by atoms with Crippen molar-refractivity contribution in [3.05, 3.63) is 45.7 Å². The van der Waals surface area contributed by atoms with Gasteiger partial charge >= 0.3 is 5.97 Å². The van der Waals surface area contributed by atoms with Crippen LogP contribution in [0.15, 0.2) is 40.9 Å². The van der Waals surface area contributed by atoms with E-state index in [1.807, 2.05) is 12.1 Å². The van der Waals surface area contributed by atoms with E-state index in [4.69, 9.17) is 9.84 Å². The van der Waals surface area contributed by atoms with Crippen molar-refractivity contribution >= 4 is 44.1 Å². The van der Waals surface area contributed by atoms with Crippen LogP contribution in [0.4, 0.5) is 5.00 Å². The lowest BCUT2D eigenvalue weighted by atomic mass is 10.3. The SMILES string of the molecule is O=C(CCOc1ccc(Br)cc1)Nc1ccc(C(=O)O)s1. The molecule has 0 saturated heterocycles. The first-order chi connectivity index (χ1) is 10.0. The molecule has 0 atom stereocenters. The number of aromatic carboxylic acids is 1. The number of benzene rings is 1. The maximum atomic E-state index is 11.7. The van der Waals surface area contributed by atoms with Gasteiger partial charge in [-0.2, -0.15) is 0 Å². The second kappa shape index (κ2) is 7.24. The summed E-state index contributed by atoms with van der Waals surface area (Å²) in [5.74, 6) is -0.528. The molecule has 2 rings (SSSR count). The van der Waals surface area contributed by atoms with Crippen LogP contribution in [0.2, 0.25) is 0 Å². The zero-order chi connectivity index (χ0) is 15.2.